The van der Waals surface area contributed by atoms with E-state index in [9.17, 15) is 29.7 Å². The van der Waals surface area contributed by atoms with E-state index in [1.165, 1.54) is 103 Å². The van der Waals surface area contributed by atoms with Crippen LogP contribution in [0.2, 0.25) is 0 Å². The lowest BCUT2D eigenvalue weighted by atomic mass is 9.92. The quantitative estimate of drug-likeness (QED) is 0.0728. The van der Waals surface area contributed by atoms with Crippen LogP contribution in [-0.4, -0.2) is 54.5 Å². The number of esters is 2. The summed E-state index contributed by atoms with van der Waals surface area (Å²) in [5.41, 5.74) is -1.26. The predicted molar refractivity (Wildman–Crippen MR) is 160 cm³/mol. The minimum Gasteiger partial charge on any atom is -0.550 e. The van der Waals surface area contributed by atoms with Gasteiger partial charge in [0.15, 0.2) is 0 Å². The molecule has 8 nitrogen and oxygen atoms in total. The zero-order valence-corrected chi connectivity index (χ0v) is 26.1. The summed E-state index contributed by atoms with van der Waals surface area (Å²) in [6, 6.07) is 0. The Bertz CT molecular complexity index is 633. The monoisotopic (exact) mass is 585 g/mol. The Morgan fingerprint density at radius 3 is 1.12 bits per heavy atom. The molecule has 0 aromatic heterocycles. The van der Waals surface area contributed by atoms with Gasteiger partial charge in [-0.15, -0.1) is 0 Å². The zero-order valence-electron chi connectivity index (χ0n) is 26.1. The SMILES string of the molecule is CCCCCCCCCCCCCCCCCCCCCC(=O)OCC(CO)(CO)COC(=O)CCCCC(=O)[O-]. The number of hydrogen-bond donors (Lipinski definition) is 2. The van der Waals surface area contributed by atoms with Crippen LogP contribution in [0.3, 0.4) is 0 Å². The van der Waals surface area contributed by atoms with Gasteiger partial charge in [-0.25, -0.2) is 0 Å². The van der Waals surface area contributed by atoms with E-state index in [1.807, 2.05) is 0 Å². The second-order valence-corrected chi connectivity index (χ2v) is 11.8. The first-order chi connectivity index (χ1) is 19.9. The highest BCUT2D eigenvalue weighted by molar-refractivity contribution is 5.70. The molecule has 2 N–H and O–H groups in total. The van der Waals surface area contributed by atoms with Crippen molar-refractivity contribution >= 4 is 17.9 Å². The zero-order chi connectivity index (χ0) is 30.4. The molecule has 0 spiro atoms. The van der Waals surface area contributed by atoms with E-state index in [4.69, 9.17) is 9.47 Å². The summed E-state index contributed by atoms with van der Waals surface area (Å²) in [6.45, 7) is 0.729. The largest absolute Gasteiger partial charge is 0.550 e. The molecule has 0 saturated carbocycles. The maximum atomic E-state index is 12.1. The van der Waals surface area contributed by atoms with Gasteiger partial charge in [-0.2, -0.15) is 0 Å². The Labute approximate surface area is 250 Å². The molecule has 0 fully saturated rings. The van der Waals surface area contributed by atoms with Crippen LogP contribution in [0.15, 0.2) is 0 Å². The number of carboxylic acids is 1. The summed E-state index contributed by atoms with van der Waals surface area (Å²) >= 11 is 0. The van der Waals surface area contributed by atoms with Crippen LogP contribution in [0.1, 0.15) is 161 Å². The van der Waals surface area contributed by atoms with Crippen molar-refractivity contribution in [1.29, 1.82) is 0 Å². The summed E-state index contributed by atoms with van der Waals surface area (Å²) in [7, 11) is 0. The fourth-order valence-electron chi connectivity index (χ4n) is 4.77. The molecular formula is C33H61O8-. The van der Waals surface area contributed by atoms with E-state index in [-0.39, 0.29) is 32.5 Å². The van der Waals surface area contributed by atoms with Gasteiger partial charge in [0.25, 0.3) is 0 Å². The number of carboxylic acid groups (broad SMARTS) is 1. The first kappa shape index (κ1) is 39.3. The first-order valence-electron chi connectivity index (χ1n) is 16.6. The number of unbranched alkanes of at least 4 members (excludes halogenated alkanes) is 19. The van der Waals surface area contributed by atoms with Crippen molar-refractivity contribution < 1.29 is 39.2 Å². The molecule has 41 heavy (non-hydrogen) atoms. The number of aliphatic hydroxyl groups excluding tert-OH is 2. The van der Waals surface area contributed by atoms with Crippen LogP contribution in [0.4, 0.5) is 0 Å². The van der Waals surface area contributed by atoms with Gasteiger partial charge in [0, 0.05) is 18.8 Å². The number of ether oxygens (including phenoxy) is 2. The summed E-state index contributed by atoms with van der Waals surface area (Å²) in [5.74, 6) is -2.12. The molecule has 0 unspecified atom stereocenters. The van der Waals surface area contributed by atoms with Gasteiger partial charge >= 0.3 is 11.9 Å². The molecule has 242 valence electrons. The van der Waals surface area contributed by atoms with Crippen molar-refractivity contribution in [3.63, 3.8) is 0 Å². The van der Waals surface area contributed by atoms with Crippen molar-refractivity contribution in [2.45, 2.75) is 161 Å². The van der Waals surface area contributed by atoms with E-state index in [0.717, 1.165) is 19.3 Å². The van der Waals surface area contributed by atoms with Crippen LogP contribution in [0.25, 0.3) is 0 Å². The standard InChI is InChI=1S/C33H62O8/c1-2-3-4-5-6-7-8-9-10-11-12-13-14-15-16-17-18-19-20-24-31(38)40-28-33(26-34,27-35)29-41-32(39)25-22-21-23-30(36)37/h34-35H,2-29H2,1H3,(H,36,37)/p-1. The lowest BCUT2D eigenvalue weighted by molar-refractivity contribution is -0.305. The Morgan fingerprint density at radius 2 is 0.805 bits per heavy atom. The molecule has 0 aliphatic carbocycles. The van der Waals surface area contributed by atoms with E-state index in [1.54, 1.807) is 0 Å². The highest BCUT2D eigenvalue weighted by Crippen LogP contribution is 2.19. The van der Waals surface area contributed by atoms with Crippen molar-refractivity contribution in [1.82, 2.24) is 0 Å². The molecular weight excluding hydrogens is 524 g/mol. The third-order valence-corrected chi connectivity index (χ3v) is 7.75. The van der Waals surface area contributed by atoms with E-state index in [2.05, 4.69) is 6.92 Å². The summed E-state index contributed by atoms with van der Waals surface area (Å²) in [5, 5.41) is 29.8. The molecule has 0 aromatic rings. The Hall–Kier alpha value is -1.67. The van der Waals surface area contributed by atoms with Gasteiger partial charge in [0.2, 0.25) is 0 Å². The van der Waals surface area contributed by atoms with Gasteiger partial charge in [0.05, 0.1) is 18.6 Å². The number of aliphatic carboxylic acids is 1. The highest BCUT2D eigenvalue weighted by Gasteiger charge is 2.32. The van der Waals surface area contributed by atoms with Gasteiger partial charge in [-0.1, -0.05) is 122 Å². The van der Waals surface area contributed by atoms with Crippen LogP contribution in [0.5, 0.6) is 0 Å². The number of carbonyl (C=O) groups is 3. The van der Waals surface area contributed by atoms with Crippen LogP contribution < -0.4 is 5.11 Å². The van der Waals surface area contributed by atoms with Crippen molar-refractivity contribution in [3.05, 3.63) is 0 Å². The summed E-state index contributed by atoms with van der Waals surface area (Å²) in [4.78, 5) is 34.4. The van der Waals surface area contributed by atoms with Gasteiger partial charge in [0.1, 0.15) is 13.2 Å². The lowest BCUT2D eigenvalue weighted by Gasteiger charge is -2.28. The maximum absolute atomic E-state index is 12.1. The van der Waals surface area contributed by atoms with Crippen LogP contribution in [-0.2, 0) is 23.9 Å². The molecule has 0 rings (SSSR count). The smallest absolute Gasteiger partial charge is 0.305 e. The lowest BCUT2D eigenvalue weighted by Crippen LogP contribution is -2.41. The molecule has 0 heterocycles. The third kappa shape index (κ3) is 25.7. The fourth-order valence-corrected chi connectivity index (χ4v) is 4.77. The third-order valence-electron chi connectivity index (χ3n) is 7.75. The summed E-state index contributed by atoms with van der Waals surface area (Å²) in [6.07, 6.45) is 25.3. The number of aliphatic hydroxyl groups is 2. The summed E-state index contributed by atoms with van der Waals surface area (Å²) < 4.78 is 10.4. The van der Waals surface area contributed by atoms with E-state index in [0.29, 0.717) is 12.8 Å². The average Bonchev–Trinajstić information content (AvgIpc) is 2.97. The predicted octanol–water partition coefficient (Wildman–Crippen LogP) is 6.18. The average molecular weight is 586 g/mol. The number of carbonyl (C=O) groups excluding carboxylic acids is 3. The maximum Gasteiger partial charge on any atom is 0.305 e. The molecule has 8 heteroatoms. The fraction of sp³-hybridized carbons (Fsp3) is 0.909. The van der Waals surface area contributed by atoms with E-state index < -0.39 is 36.5 Å². The van der Waals surface area contributed by atoms with Gasteiger partial charge in [-0.3, -0.25) is 9.59 Å². The van der Waals surface area contributed by atoms with Crippen molar-refractivity contribution in [2.75, 3.05) is 26.4 Å². The first-order valence-corrected chi connectivity index (χ1v) is 16.6. The molecule has 0 aliphatic heterocycles. The molecule has 0 aliphatic rings. The van der Waals surface area contributed by atoms with Crippen LogP contribution >= 0.6 is 0 Å². The van der Waals surface area contributed by atoms with Gasteiger partial charge < -0.3 is 29.6 Å². The van der Waals surface area contributed by atoms with Gasteiger partial charge in [-0.05, 0) is 25.7 Å². The second kappa shape index (κ2) is 28.4. The van der Waals surface area contributed by atoms with Crippen molar-refractivity contribution in [2.24, 2.45) is 5.41 Å². The Morgan fingerprint density at radius 1 is 0.512 bits per heavy atom. The number of rotatable bonds is 31. The molecule has 0 atom stereocenters. The molecule has 0 saturated heterocycles. The number of hydrogen-bond acceptors (Lipinski definition) is 8. The Balaban J connectivity index is 3.67. The Kier molecular flexibility index (Phi) is 27.3. The second-order valence-electron chi connectivity index (χ2n) is 11.8. The molecule has 0 bridgehead atoms. The topological polar surface area (TPSA) is 133 Å². The molecule has 0 aromatic carbocycles. The minimum absolute atomic E-state index is 0.0272. The molecule has 0 amide bonds. The van der Waals surface area contributed by atoms with Crippen LogP contribution in [0, 0.1) is 5.41 Å². The van der Waals surface area contributed by atoms with Crippen molar-refractivity contribution in [3.8, 4) is 0 Å². The highest BCUT2D eigenvalue weighted by atomic mass is 16.5. The molecule has 0 radical (unpaired) electrons. The normalized spacial score (nSPS) is 11.5. The minimum atomic E-state index is -1.26. The van der Waals surface area contributed by atoms with E-state index >= 15 is 0 Å².